The number of nitrogens with one attached hydrogen (secondary N) is 1. The Morgan fingerprint density at radius 1 is 1.00 bits per heavy atom. The second-order valence-electron chi connectivity index (χ2n) is 6.34. The van der Waals surface area contributed by atoms with Gasteiger partial charge in [0.2, 0.25) is 0 Å². The Balaban J connectivity index is 1.62. The lowest BCUT2D eigenvalue weighted by molar-refractivity contribution is 0.0784. The van der Waals surface area contributed by atoms with E-state index >= 15 is 0 Å². The standard InChI is InChI=1S/C21H22N4O2/c1-22-20(26)18-8-4-16(5-9-18)14-24(2)21(27)19-10-6-17(7-11-19)15-25-13-3-12-23-25/h3-13H,14-15H2,1-2H3,(H,22,26). The lowest BCUT2D eigenvalue weighted by Gasteiger charge is -2.18. The molecule has 2 aromatic carbocycles. The van der Waals surface area contributed by atoms with Crippen LogP contribution in [0.2, 0.25) is 0 Å². The zero-order chi connectivity index (χ0) is 19.2. The molecule has 0 saturated heterocycles. The number of aromatic nitrogens is 2. The number of hydrogen-bond donors (Lipinski definition) is 1. The van der Waals surface area contributed by atoms with Gasteiger partial charge >= 0.3 is 0 Å². The molecule has 1 aromatic heterocycles. The van der Waals surface area contributed by atoms with E-state index in [0.717, 1.165) is 11.1 Å². The van der Waals surface area contributed by atoms with E-state index in [1.54, 1.807) is 37.3 Å². The van der Waals surface area contributed by atoms with E-state index in [-0.39, 0.29) is 11.8 Å². The normalized spacial score (nSPS) is 10.4. The van der Waals surface area contributed by atoms with E-state index in [1.807, 2.05) is 53.3 Å². The largest absolute Gasteiger partial charge is 0.355 e. The van der Waals surface area contributed by atoms with Crippen LogP contribution in [0.5, 0.6) is 0 Å². The fourth-order valence-electron chi connectivity index (χ4n) is 2.81. The minimum Gasteiger partial charge on any atom is -0.355 e. The van der Waals surface area contributed by atoms with Gasteiger partial charge in [-0.05, 0) is 41.5 Å². The third kappa shape index (κ3) is 4.61. The summed E-state index contributed by atoms with van der Waals surface area (Å²) in [4.78, 5) is 25.9. The maximum Gasteiger partial charge on any atom is 0.253 e. The van der Waals surface area contributed by atoms with Gasteiger partial charge in [-0.3, -0.25) is 14.3 Å². The molecule has 0 fully saturated rings. The predicted octanol–water partition coefficient (Wildman–Crippen LogP) is 2.56. The number of rotatable bonds is 6. The number of benzene rings is 2. The van der Waals surface area contributed by atoms with Gasteiger partial charge in [0.25, 0.3) is 11.8 Å². The monoisotopic (exact) mass is 362 g/mol. The average Bonchev–Trinajstić information content (AvgIpc) is 3.21. The van der Waals surface area contributed by atoms with Crippen molar-refractivity contribution >= 4 is 11.8 Å². The molecule has 6 heteroatoms. The Hall–Kier alpha value is -3.41. The Morgan fingerprint density at radius 2 is 1.63 bits per heavy atom. The minimum atomic E-state index is -0.124. The van der Waals surface area contributed by atoms with Crippen molar-refractivity contribution in [3.63, 3.8) is 0 Å². The molecule has 6 nitrogen and oxygen atoms in total. The lowest BCUT2D eigenvalue weighted by atomic mass is 10.1. The van der Waals surface area contributed by atoms with Crippen LogP contribution in [0.3, 0.4) is 0 Å². The van der Waals surface area contributed by atoms with Gasteiger partial charge in [0, 0.05) is 44.2 Å². The Morgan fingerprint density at radius 3 is 2.22 bits per heavy atom. The van der Waals surface area contributed by atoms with Crippen molar-refractivity contribution in [1.82, 2.24) is 20.0 Å². The van der Waals surface area contributed by atoms with Crippen LogP contribution in [0.25, 0.3) is 0 Å². The van der Waals surface area contributed by atoms with Crippen LogP contribution in [0, 0.1) is 0 Å². The van der Waals surface area contributed by atoms with Crippen LogP contribution in [0.15, 0.2) is 67.0 Å². The molecule has 3 aromatic rings. The molecule has 2 amide bonds. The zero-order valence-electron chi connectivity index (χ0n) is 15.4. The second kappa shape index (κ2) is 8.31. The van der Waals surface area contributed by atoms with Crippen molar-refractivity contribution in [2.75, 3.05) is 14.1 Å². The smallest absolute Gasteiger partial charge is 0.253 e. The molecule has 27 heavy (non-hydrogen) atoms. The van der Waals surface area contributed by atoms with Gasteiger partial charge < -0.3 is 10.2 Å². The second-order valence-corrected chi connectivity index (χ2v) is 6.34. The molecule has 0 aliphatic heterocycles. The molecule has 0 atom stereocenters. The Labute approximate surface area is 158 Å². The van der Waals surface area contributed by atoms with Crippen LogP contribution in [-0.2, 0) is 13.1 Å². The van der Waals surface area contributed by atoms with Crippen LogP contribution in [0.1, 0.15) is 31.8 Å². The maximum atomic E-state index is 12.6. The van der Waals surface area contributed by atoms with Crippen molar-refractivity contribution in [1.29, 1.82) is 0 Å². The first-order chi connectivity index (χ1) is 13.1. The minimum absolute atomic E-state index is 0.0454. The number of carbonyl (C=O) groups is 2. The van der Waals surface area contributed by atoms with Gasteiger partial charge in [-0.1, -0.05) is 24.3 Å². The molecule has 3 rings (SSSR count). The number of hydrogen-bond acceptors (Lipinski definition) is 3. The summed E-state index contributed by atoms with van der Waals surface area (Å²) in [6.45, 7) is 1.15. The molecular weight excluding hydrogens is 340 g/mol. The predicted molar refractivity (Wildman–Crippen MR) is 103 cm³/mol. The number of nitrogens with zero attached hydrogens (tertiary/aromatic N) is 3. The van der Waals surface area contributed by atoms with E-state index in [4.69, 9.17) is 0 Å². The van der Waals surface area contributed by atoms with Gasteiger partial charge in [0.05, 0.1) is 6.54 Å². The average molecular weight is 362 g/mol. The van der Waals surface area contributed by atoms with Crippen LogP contribution in [-0.4, -0.2) is 40.6 Å². The SMILES string of the molecule is CNC(=O)c1ccc(CN(C)C(=O)c2ccc(Cn3cccn3)cc2)cc1. The first-order valence-electron chi connectivity index (χ1n) is 8.69. The summed E-state index contributed by atoms with van der Waals surface area (Å²) in [6.07, 6.45) is 3.65. The summed E-state index contributed by atoms with van der Waals surface area (Å²) in [5.74, 6) is -0.169. The lowest BCUT2D eigenvalue weighted by Crippen LogP contribution is -2.26. The highest BCUT2D eigenvalue weighted by atomic mass is 16.2. The van der Waals surface area contributed by atoms with Gasteiger partial charge in [-0.15, -0.1) is 0 Å². The van der Waals surface area contributed by atoms with Gasteiger partial charge in [0.1, 0.15) is 0 Å². The van der Waals surface area contributed by atoms with Crippen molar-refractivity contribution in [2.45, 2.75) is 13.1 Å². The molecule has 0 aliphatic carbocycles. The van der Waals surface area contributed by atoms with Gasteiger partial charge in [0.15, 0.2) is 0 Å². The summed E-state index contributed by atoms with van der Waals surface area (Å²) in [6, 6.07) is 16.7. The molecular formula is C21H22N4O2. The molecule has 138 valence electrons. The van der Waals surface area contributed by atoms with Crippen molar-refractivity contribution in [3.05, 3.63) is 89.2 Å². The highest BCUT2D eigenvalue weighted by molar-refractivity contribution is 5.94. The van der Waals surface area contributed by atoms with E-state index < -0.39 is 0 Å². The summed E-state index contributed by atoms with van der Waals surface area (Å²) in [5, 5.41) is 6.77. The third-order valence-electron chi connectivity index (χ3n) is 4.31. The molecule has 0 aliphatic rings. The summed E-state index contributed by atoms with van der Waals surface area (Å²) >= 11 is 0. The van der Waals surface area contributed by atoms with E-state index in [9.17, 15) is 9.59 Å². The number of carbonyl (C=O) groups excluding carboxylic acids is 2. The molecule has 0 saturated carbocycles. The quantitative estimate of drug-likeness (QED) is 0.733. The molecule has 0 unspecified atom stereocenters. The van der Waals surface area contributed by atoms with Crippen LogP contribution < -0.4 is 5.32 Å². The highest BCUT2D eigenvalue weighted by Crippen LogP contribution is 2.12. The summed E-state index contributed by atoms with van der Waals surface area (Å²) in [7, 11) is 3.37. The first-order valence-corrected chi connectivity index (χ1v) is 8.69. The van der Waals surface area contributed by atoms with E-state index in [2.05, 4.69) is 10.4 Å². The van der Waals surface area contributed by atoms with E-state index in [0.29, 0.717) is 24.2 Å². The van der Waals surface area contributed by atoms with Crippen molar-refractivity contribution < 1.29 is 9.59 Å². The third-order valence-corrected chi connectivity index (χ3v) is 4.31. The maximum absolute atomic E-state index is 12.6. The van der Waals surface area contributed by atoms with Crippen molar-refractivity contribution in [3.8, 4) is 0 Å². The van der Waals surface area contributed by atoms with E-state index in [1.165, 1.54) is 0 Å². The Bertz CT molecular complexity index is 900. The molecule has 0 spiro atoms. The number of amides is 2. The fourth-order valence-corrected chi connectivity index (χ4v) is 2.81. The van der Waals surface area contributed by atoms with Gasteiger partial charge in [-0.25, -0.2) is 0 Å². The zero-order valence-corrected chi connectivity index (χ0v) is 15.4. The summed E-state index contributed by atoms with van der Waals surface area (Å²) in [5.41, 5.74) is 3.29. The van der Waals surface area contributed by atoms with Crippen molar-refractivity contribution in [2.24, 2.45) is 0 Å². The summed E-state index contributed by atoms with van der Waals surface area (Å²) < 4.78 is 1.84. The molecule has 1 N–H and O–H groups in total. The van der Waals surface area contributed by atoms with Crippen LogP contribution in [0.4, 0.5) is 0 Å². The van der Waals surface area contributed by atoms with Gasteiger partial charge in [-0.2, -0.15) is 5.10 Å². The first kappa shape index (κ1) is 18.4. The Kier molecular flexibility index (Phi) is 5.66. The molecule has 1 heterocycles. The highest BCUT2D eigenvalue weighted by Gasteiger charge is 2.12. The van der Waals surface area contributed by atoms with Crippen LogP contribution >= 0.6 is 0 Å². The molecule has 0 radical (unpaired) electrons. The fraction of sp³-hybridized carbons (Fsp3) is 0.190. The molecule has 0 bridgehead atoms. The topological polar surface area (TPSA) is 67.2 Å².